The summed E-state index contributed by atoms with van der Waals surface area (Å²) in [6, 6.07) is 12.4. The number of hydrogen-bond donors (Lipinski definition) is 2. The first-order valence-electron chi connectivity index (χ1n) is 10.7. The molecule has 3 aromatic heterocycles. The molecule has 33 heavy (non-hydrogen) atoms. The van der Waals surface area contributed by atoms with Crippen molar-refractivity contribution in [2.45, 2.75) is 20.3 Å². The van der Waals surface area contributed by atoms with Gasteiger partial charge in [-0.3, -0.25) is 10.3 Å². The van der Waals surface area contributed by atoms with E-state index in [1.807, 2.05) is 36.4 Å². The third-order valence-electron chi connectivity index (χ3n) is 4.89. The number of fused-ring (bicyclic) bond motifs is 1. The molecule has 9 nitrogen and oxygen atoms in total. The van der Waals surface area contributed by atoms with E-state index in [1.165, 1.54) is 0 Å². The van der Waals surface area contributed by atoms with Crippen molar-refractivity contribution in [3.63, 3.8) is 0 Å². The molecule has 0 saturated heterocycles. The molecule has 4 aromatic rings. The number of carbonyl (C=O) groups is 1. The van der Waals surface area contributed by atoms with Gasteiger partial charge in [0.1, 0.15) is 11.5 Å². The number of methoxy groups -OCH3 is 1. The summed E-state index contributed by atoms with van der Waals surface area (Å²) in [6.07, 6.45) is 5.92. The minimum Gasteiger partial charge on any atom is -0.495 e. The van der Waals surface area contributed by atoms with Crippen LogP contribution in [-0.4, -0.2) is 39.3 Å². The topological polar surface area (TPSA) is 103 Å². The van der Waals surface area contributed by atoms with Gasteiger partial charge in [-0.1, -0.05) is 26.0 Å². The number of aromatic nitrogens is 4. The molecule has 1 aromatic carbocycles. The summed E-state index contributed by atoms with van der Waals surface area (Å²) < 4.78 is 12.7. The SMILES string of the molecule is COc1cncc(-c2ccc3nc(NC(=O)Nc4ccccc4OCCC(C)C)cn3n2)c1. The molecule has 0 spiro atoms. The maximum atomic E-state index is 12.6. The Morgan fingerprint density at radius 1 is 1.12 bits per heavy atom. The molecule has 0 atom stereocenters. The van der Waals surface area contributed by atoms with Gasteiger partial charge < -0.3 is 14.8 Å². The molecule has 170 valence electrons. The molecule has 0 aliphatic carbocycles. The molecule has 0 bridgehead atoms. The number of amides is 2. The number of carbonyl (C=O) groups excluding carboxylic acids is 1. The van der Waals surface area contributed by atoms with Gasteiger partial charge in [0.05, 0.1) is 37.5 Å². The van der Waals surface area contributed by atoms with E-state index in [4.69, 9.17) is 9.47 Å². The Labute approximate surface area is 191 Å². The van der Waals surface area contributed by atoms with Crippen LogP contribution in [0.25, 0.3) is 16.9 Å². The van der Waals surface area contributed by atoms with E-state index < -0.39 is 6.03 Å². The lowest BCUT2D eigenvalue weighted by molar-refractivity contribution is 0.261. The fourth-order valence-electron chi connectivity index (χ4n) is 3.14. The van der Waals surface area contributed by atoms with Crippen LogP contribution in [-0.2, 0) is 0 Å². The number of urea groups is 1. The Morgan fingerprint density at radius 3 is 2.79 bits per heavy atom. The van der Waals surface area contributed by atoms with E-state index in [0.29, 0.717) is 46.9 Å². The van der Waals surface area contributed by atoms with E-state index >= 15 is 0 Å². The third-order valence-corrected chi connectivity index (χ3v) is 4.89. The van der Waals surface area contributed by atoms with E-state index in [-0.39, 0.29) is 0 Å². The number of pyridine rings is 1. The van der Waals surface area contributed by atoms with Gasteiger partial charge in [-0.25, -0.2) is 14.3 Å². The van der Waals surface area contributed by atoms with E-state index in [2.05, 4.69) is 39.5 Å². The van der Waals surface area contributed by atoms with Gasteiger partial charge >= 0.3 is 6.03 Å². The first-order valence-corrected chi connectivity index (χ1v) is 10.7. The molecular formula is C24H26N6O3. The molecule has 0 aliphatic rings. The highest BCUT2D eigenvalue weighted by atomic mass is 16.5. The molecule has 0 unspecified atom stereocenters. The summed E-state index contributed by atoms with van der Waals surface area (Å²) in [5, 5.41) is 10.1. The summed E-state index contributed by atoms with van der Waals surface area (Å²) in [4.78, 5) is 21.2. The Morgan fingerprint density at radius 2 is 1.97 bits per heavy atom. The number of imidazole rings is 1. The fraction of sp³-hybridized carbons (Fsp3) is 0.250. The Balaban J connectivity index is 1.45. The molecule has 0 radical (unpaired) electrons. The number of rotatable bonds is 8. The number of anilines is 2. The number of nitrogens with zero attached hydrogens (tertiary/aromatic N) is 4. The van der Waals surface area contributed by atoms with Gasteiger partial charge in [0.2, 0.25) is 0 Å². The Hall–Kier alpha value is -4.14. The zero-order valence-electron chi connectivity index (χ0n) is 18.8. The standard InChI is InChI=1S/C24H26N6O3/c1-16(2)10-11-33-21-7-5-4-6-20(21)26-24(31)28-22-15-30-23(27-22)9-8-19(29-30)17-12-18(32-3)14-25-13-17/h4-9,12-16H,10-11H2,1-3H3,(H2,26,28,31). The van der Waals surface area contributed by atoms with Crippen LogP contribution in [0.15, 0.2) is 61.1 Å². The zero-order chi connectivity index (χ0) is 23.2. The first kappa shape index (κ1) is 22.1. The highest BCUT2D eigenvalue weighted by molar-refractivity contribution is 6.00. The van der Waals surface area contributed by atoms with Gasteiger partial charge in [-0.05, 0) is 42.7 Å². The molecule has 9 heteroatoms. The van der Waals surface area contributed by atoms with Crippen molar-refractivity contribution in [1.82, 2.24) is 19.6 Å². The predicted molar refractivity (Wildman–Crippen MR) is 127 cm³/mol. The summed E-state index contributed by atoms with van der Waals surface area (Å²) >= 11 is 0. The van der Waals surface area contributed by atoms with Gasteiger partial charge in [0.15, 0.2) is 11.5 Å². The van der Waals surface area contributed by atoms with Crippen molar-refractivity contribution in [2.24, 2.45) is 5.92 Å². The minimum absolute atomic E-state index is 0.374. The molecule has 2 amide bonds. The van der Waals surface area contributed by atoms with Gasteiger partial charge in [-0.2, -0.15) is 5.10 Å². The highest BCUT2D eigenvalue weighted by Crippen LogP contribution is 2.25. The largest absolute Gasteiger partial charge is 0.495 e. The molecule has 0 aliphatic heterocycles. The Kier molecular flexibility index (Phi) is 6.68. The van der Waals surface area contributed by atoms with Crippen molar-refractivity contribution in [3.8, 4) is 22.8 Å². The van der Waals surface area contributed by atoms with Crippen molar-refractivity contribution in [2.75, 3.05) is 24.4 Å². The smallest absolute Gasteiger partial charge is 0.325 e. The summed E-state index contributed by atoms with van der Waals surface area (Å²) in [5.74, 6) is 2.19. The maximum Gasteiger partial charge on any atom is 0.325 e. The third kappa shape index (κ3) is 5.57. The second kappa shape index (κ2) is 9.99. The van der Waals surface area contributed by atoms with Crippen LogP contribution in [0.3, 0.4) is 0 Å². The molecular weight excluding hydrogens is 420 g/mol. The maximum absolute atomic E-state index is 12.6. The molecule has 4 rings (SSSR count). The predicted octanol–water partition coefficient (Wildman–Crippen LogP) is 4.87. The van der Waals surface area contributed by atoms with Crippen LogP contribution in [0.5, 0.6) is 11.5 Å². The number of ether oxygens (including phenoxy) is 2. The monoisotopic (exact) mass is 446 g/mol. The van der Waals surface area contributed by atoms with Gasteiger partial charge in [0.25, 0.3) is 0 Å². The quantitative estimate of drug-likeness (QED) is 0.400. The fourth-order valence-corrected chi connectivity index (χ4v) is 3.14. The average Bonchev–Trinajstić information content (AvgIpc) is 3.21. The number of benzene rings is 1. The normalized spacial score (nSPS) is 10.9. The summed E-state index contributed by atoms with van der Waals surface area (Å²) in [7, 11) is 1.59. The lowest BCUT2D eigenvalue weighted by Crippen LogP contribution is -2.20. The van der Waals surface area contributed by atoms with E-state index in [1.54, 1.807) is 36.3 Å². The summed E-state index contributed by atoms with van der Waals surface area (Å²) in [6.45, 7) is 4.86. The van der Waals surface area contributed by atoms with E-state index in [9.17, 15) is 4.79 Å². The van der Waals surface area contributed by atoms with Crippen molar-refractivity contribution in [1.29, 1.82) is 0 Å². The molecule has 2 N–H and O–H groups in total. The van der Waals surface area contributed by atoms with Gasteiger partial charge in [-0.15, -0.1) is 0 Å². The zero-order valence-corrected chi connectivity index (χ0v) is 18.8. The van der Waals surface area contributed by atoms with Crippen LogP contribution < -0.4 is 20.1 Å². The Bertz CT molecular complexity index is 1250. The second-order valence-electron chi connectivity index (χ2n) is 7.87. The van der Waals surface area contributed by atoms with E-state index in [0.717, 1.165) is 12.0 Å². The van der Waals surface area contributed by atoms with Crippen molar-refractivity contribution >= 4 is 23.2 Å². The van der Waals surface area contributed by atoms with Crippen molar-refractivity contribution < 1.29 is 14.3 Å². The molecule has 3 heterocycles. The van der Waals surface area contributed by atoms with Crippen LogP contribution in [0, 0.1) is 5.92 Å². The van der Waals surface area contributed by atoms with Crippen LogP contribution in [0.4, 0.5) is 16.3 Å². The number of para-hydroxylation sites is 2. The van der Waals surface area contributed by atoms with Crippen LogP contribution in [0.1, 0.15) is 20.3 Å². The number of nitrogens with one attached hydrogen (secondary N) is 2. The van der Waals surface area contributed by atoms with Crippen LogP contribution in [0.2, 0.25) is 0 Å². The second-order valence-corrected chi connectivity index (χ2v) is 7.87. The highest BCUT2D eigenvalue weighted by Gasteiger charge is 2.11. The molecule has 0 saturated carbocycles. The van der Waals surface area contributed by atoms with Gasteiger partial charge in [0, 0.05) is 11.8 Å². The lowest BCUT2D eigenvalue weighted by atomic mass is 10.1. The average molecular weight is 447 g/mol. The van der Waals surface area contributed by atoms with Crippen molar-refractivity contribution in [3.05, 3.63) is 61.1 Å². The minimum atomic E-state index is -0.421. The number of hydrogen-bond acceptors (Lipinski definition) is 6. The summed E-state index contributed by atoms with van der Waals surface area (Å²) in [5.41, 5.74) is 2.71. The molecule has 0 fully saturated rings. The first-order chi connectivity index (χ1) is 16.0. The van der Waals surface area contributed by atoms with Crippen LogP contribution >= 0.6 is 0 Å². The lowest BCUT2D eigenvalue weighted by Gasteiger charge is -2.13.